The van der Waals surface area contributed by atoms with E-state index in [0.29, 0.717) is 25.8 Å². The molecule has 2 unspecified atom stereocenters. The second-order valence-corrected chi connectivity index (χ2v) is 4.66. The quantitative estimate of drug-likeness (QED) is 0.420. The van der Waals surface area contributed by atoms with Crippen LogP contribution in [0.1, 0.15) is 12.8 Å². The predicted molar refractivity (Wildman–Crippen MR) is 64.3 cm³/mol. The van der Waals surface area contributed by atoms with Crippen LogP contribution in [0.2, 0.25) is 6.32 Å². The summed E-state index contributed by atoms with van der Waals surface area (Å²) in [4.78, 5) is 13.2. The molecule has 0 radical (unpaired) electrons. The first-order chi connectivity index (χ1) is 8.04. The van der Waals surface area contributed by atoms with Gasteiger partial charge in [-0.05, 0) is 18.7 Å². The van der Waals surface area contributed by atoms with E-state index in [9.17, 15) is 4.79 Å². The fraction of sp³-hybridized carbons (Fsp3) is 0.900. The van der Waals surface area contributed by atoms with Crippen molar-refractivity contribution >= 4 is 13.1 Å². The monoisotopic (exact) mass is 244 g/mol. The Kier molecular flexibility index (Phi) is 5.90. The number of carboxylic acids is 1. The molecule has 7 heteroatoms. The predicted octanol–water partition coefficient (Wildman–Crippen LogP) is -1.17. The molecular formula is C10H21BN2O4. The van der Waals surface area contributed by atoms with E-state index in [-0.39, 0.29) is 11.8 Å². The van der Waals surface area contributed by atoms with Gasteiger partial charge in [0.1, 0.15) is 0 Å². The van der Waals surface area contributed by atoms with Crippen molar-refractivity contribution in [1.29, 1.82) is 0 Å². The largest absolute Gasteiger partial charge is 0.481 e. The average Bonchev–Trinajstić information content (AvgIpc) is 2.61. The molecule has 5 N–H and O–H groups in total. The number of likely N-dealkylation sites (tertiary alicyclic amines) is 1. The minimum atomic E-state index is -1.29. The van der Waals surface area contributed by atoms with Crippen molar-refractivity contribution in [2.24, 2.45) is 17.6 Å². The number of hydrogen-bond acceptors (Lipinski definition) is 5. The summed E-state index contributed by atoms with van der Waals surface area (Å²) >= 11 is 0. The molecule has 0 bridgehead atoms. The van der Waals surface area contributed by atoms with Crippen molar-refractivity contribution < 1.29 is 19.9 Å². The number of carboxylic acid groups (broad SMARTS) is 1. The molecule has 0 saturated carbocycles. The highest BCUT2D eigenvalue weighted by atomic mass is 16.4. The molecule has 1 saturated heterocycles. The van der Waals surface area contributed by atoms with Gasteiger partial charge >= 0.3 is 13.1 Å². The van der Waals surface area contributed by atoms with Crippen molar-refractivity contribution in [3.05, 3.63) is 0 Å². The van der Waals surface area contributed by atoms with Gasteiger partial charge in [0.2, 0.25) is 0 Å². The summed E-state index contributed by atoms with van der Waals surface area (Å²) in [5.74, 6) is -1.02. The molecule has 98 valence electrons. The van der Waals surface area contributed by atoms with Gasteiger partial charge in [-0.3, -0.25) is 4.79 Å². The van der Waals surface area contributed by atoms with Crippen molar-refractivity contribution in [2.45, 2.75) is 19.2 Å². The highest BCUT2D eigenvalue weighted by Crippen LogP contribution is 2.28. The summed E-state index contributed by atoms with van der Waals surface area (Å²) in [5.41, 5.74) is 5.46. The maximum absolute atomic E-state index is 11.1. The van der Waals surface area contributed by atoms with E-state index in [4.69, 9.17) is 20.9 Å². The Morgan fingerprint density at radius 3 is 2.65 bits per heavy atom. The Morgan fingerprint density at radius 2 is 2.12 bits per heavy atom. The summed E-state index contributed by atoms with van der Waals surface area (Å²) in [7, 11) is -1.29. The minimum absolute atomic E-state index is 0.0952. The molecule has 0 aliphatic carbocycles. The summed E-state index contributed by atoms with van der Waals surface area (Å²) in [5, 5.41) is 26.6. The van der Waals surface area contributed by atoms with Crippen LogP contribution in [-0.2, 0) is 4.79 Å². The minimum Gasteiger partial charge on any atom is -0.481 e. The van der Waals surface area contributed by atoms with Crippen LogP contribution in [0.25, 0.3) is 0 Å². The summed E-state index contributed by atoms with van der Waals surface area (Å²) in [6.07, 6.45) is 1.66. The molecule has 1 aliphatic rings. The third-order valence-corrected chi connectivity index (χ3v) is 3.32. The lowest BCUT2D eigenvalue weighted by molar-refractivity contribution is -0.142. The Morgan fingerprint density at radius 1 is 1.41 bits per heavy atom. The Labute approximate surface area is 102 Å². The van der Waals surface area contributed by atoms with Crippen LogP contribution in [0.15, 0.2) is 0 Å². The number of aliphatic carboxylic acids is 1. The highest BCUT2D eigenvalue weighted by molar-refractivity contribution is 6.40. The fourth-order valence-corrected chi connectivity index (χ4v) is 2.46. The molecule has 0 aromatic rings. The number of rotatable bonds is 7. The topological polar surface area (TPSA) is 107 Å². The summed E-state index contributed by atoms with van der Waals surface area (Å²) < 4.78 is 0. The number of nitrogens with zero attached hydrogens (tertiary/aromatic N) is 1. The van der Waals surface area contributed by atoms with Crippen LogP contribution in [0.3, 0.4) is 0 Å². The first-order valence-electron chi connectivity index (χ1n) is 6.06. The number of nitrogens with two attached hydrogens (primary N) is 1. The van der Waals surface area contributed by atoms with Crippen LogP contribution in [0, 0.1) is 11.8 Å². The lowest BCUT2D eigenvalue weighted by Crippen LogP contribution is -2.28. The van der Waals surface area contributed by atoms with E-state index in [1.54, 1.807) is 0 Å². The van der Waals surface area contributed by atoms with Gasteiger partial charge in [-0.15, -0.1) is 0 Å². The maximum Gasteiger partial charge on any atom is 0.451 e. The molecule has 6 nitrogen and oxygen atoms in total. The van der Waals surface area contributed by atoms with Gasteiger partial charge in [-0.2, -0.15) is 0 Å². The molecule has 1 rings (SSSR count). The van der Waals surface area contributed by atoms with Gasteiger partial charge in [-0.25, -0.2) is 0 Å². The second kappa shape index (κ2) is 6.95. The van der Waals surface area contributed by atoms with Gasteiger partial charge in [0.05, 0.1) is 5.92 Å². The molecule has 1 aliphatic heterocycles. The van der Waals surface area contributed by atoms with Crippen molar-refractivity contribution in [3.8, 4) is 0 Å². The molecule has 0 aromatic heterocycles. The molecule has 0 amide bonds. The van der Waals surface area contributed by atoms with Crippen LogP contribution in [0.4, 0.5) is 0 Å². The molecule has 17 heavy (non-hydrogen) atoms. The van der Waals surface area contributed by atoms with Crippen molar-refractivity contribution in [3.63, 3.8) is 0 Å². The zero-order valence-electron chi connectivity index (χ0n) is 9.96. The second-order valence-electron chi connectivity index (χ2n) is 4.66. The molecule has 1 heterocycles. The zero-order valence-corrected chi connectivity index (χ0v) is 9.96. The average molecular weight is 244 g/mol. The van der Waals surface area contributed by atoms with E-state index in [0.717, 1.165) is 19.5 Å². The lowest BCUT2D eigenvalue weighted by atomic mass is 9.80. The van der Waals surface area contributed by atoms with E-state index < -0.39 is 13.1 Å². The number of hydrogen-bond donors (Lipinski definition) is 4. The Balaban J connectivity index is 2.41. The maximum atomic E-state index is 11.1. The van der Waals surface area contributed by atoms with Crippen LogP contribution < -0.4 is 5.73 Å². The Bertz CT molecular complexity index is 252. The van der Waals surface area contributed by atoms with Crippen LogP contribution >= 0.6 is 0 Å². The van der Waals surface area contributed by atoms with E-state index in [2.05, 4.69) is 4.90 Å². The first-order valence-corrected chi connectivity index (χ1v) is 6.06. The van der Waals surface area contributed by atoms with Crippen LogP contribution in [0.5, 0.6) is 0 Å². The van der Waals surface area contributed by atoms with Gasteiger partial charge in [0.25, 0.3) is 0 Å². The van der Waals surface area contributed by atoms with Gasteiger partial charge < -0.3 is 25.8 Å². The van der Waals surface area contributed by atoms with Gasteiger partial charge in [-0.1, -0.05) is 6.42 Å². The zero-order chi connectivity index (χ0) is 12.8. The fourth-order valence-electron chi connectivity index (χ4n) is 2.46. The summed E-state index contributed by atoms with van der Waals surface area (Å²) in [6, 6.07) is 0. The molecular weight excluding hydrogens is 223 g/mol. The molecule has 0 spiro atoms. The van der Waals surface area contributed by atoms with E-state index in [1.165, 1.54) is 0 Å². The first kappa shape index (κ1) is 14.4. The lowest BCUT2D eigenvalue weighted by Gasteiger charge is -2.14. The third-order valence-electron chi connectivity index (χ3n) is 3.32. The highest BCUT2D eigenvalue weighted by Gasteiger charge is 2.36. The van der Waals surface area contributed by atoms with E-state index >= 15 is 0 Å². The third kappa shape index (κ3) is 4.63. The van der Waals surface area contributed by atoms with E-state index in [1.807, 2.05) is 0 Å². The van der Waals surface area contributed by atoms with Gasteiger partial charge in [0, 0.05) is 26.2 Å². The Hall–Kier alpha value is -0.625. The molecule has 0 aromatic carbocycles. The van der Waals surface area contributed by atoms with Crippen molar-refractivity contribution in [2.75, 3.05) is 26.2 Å². The normalized spacial score (nSPS) is 25.1. The number of carbonyl (C=O) groups is 1. The van der Waals surface area contributed by atoms with Crippen LogP contribution in [-0.4, -0.2) is 59.3 Å². The summed E-state index contributed by atoms with van der Waals surface area (Å²) in [6.45, 7) is 2.56. The molecule has 1 fully saturated rings. The van der Waals surface area contributed by atoms with Gasteiger partial charge in [0.15, 0.2) is 0 Å². The smallest absolute Gasteiger partial charge is 0.451 e. The molecule has 2 atom stereocenters. The van der Waals surface area contributed by atoms with Crippen molar-refractivity contribution in [1.82, 2.24) is 4.90 Å². The standard InChI is InChI=1S/C10H21BN2O4/c12-4-5-13-6-8(2-1-3-11(16)17)9(7-13)10(14)15/h8-9,16-17H,1-7,12H2,(H,14,15). The SMILES string of the molecule is NCCN1CC(CCCB(O)O)C(C(=O)O)C1.